The number of hydrogen-bond acceptors (Lipinski definition) is 2. The van der Waals surface area contributed by atoms with Gasteiger partial charge in [0, 0.05) is 0 Å². The van der Waals surface area contributed by atoms with Gasteiger partial charge in [-0.15, -0.1) is 0 Å². The van der Waals surface area contributed by atoms with Crippen molar-refractivity contribution < 1.29 is 13.2 Å². The summed E-state index contributed by atoms with van der Waals surface area (Å²) < 4.78 is 36.3. The first-order valence-corrected chi connectivity index (χ1v) is 4.07. The zero-order valence-electron chi connectivity index (χ0n) is 6.69. The SMILES string of the molecule is NNC(CC1CCC1)C(F)(F)F. The fourth-order valence-electron chi connectivity index (χ4n) is 1.36. The van der Waals surface area contributed by atoms with Crippen LogP contribution in [-0.4, -0.2) is 12.2 Å². The maximum atomic E-state index is 12.1. The van der Waals surface area contributed by atoms with Gasteiger partial charge in [-0.2, -0.15) is 13.2 Å². The number of nitrogens with two attached hydrogens (primary N) is 1. The first-order chi connectivity index (χ1) is 5.54. The highest BCUT2D eigenvalue weighted by Crippen LogP contribution is 2.34. The van der Waals surface area contributed by atoms with Gasteiger partial charge in [0.25, 0.3) is 0 Å². The number of hydrazine groups is 1. The van der Waals surface area contributed by atoms with Gasteiger partial charge in [-0.1, -0.05) is 19.3 Å². The van der Waals surface area contributed by atoms with Gasteiger partial charge in [0.1, 0.15) is 6.04 Å². The maximum absolute atomic E-state index is 12.1. The standard InChI is InChI=1S/C7H13F3N2/c8-7(9,10)6(12-11)4-5-2-1-3-5/h5-6,12H,1-4,11H2. The van der Waals surface area contributed by atoms with Crippen LogP contribution in [0.15, 0.2) is 0 Å². The van der Waals surface area contributed by atoms with E-state index in [1.807, 2.05) is 5.43 Å². The van der Waals surface area contributed by atoms with Crippen LogP contribution in [-0.2, 0) is 0 Å². The van der Waals surface area contributed by atoms with Crippen LogP contribution in [0.2, 0.25) is 0 Å². The van der Waals surface area contributed by atoms with Gasteiger partial charge in [-0.25, -0.2) is 5.43 Å². The van der Waals surface area contributed by atoms with Crippen LogP contribution in [0, 0.1) is 5.92 Å². The van der Waals surface area contributed by atoms with Crippen LogP contribution in [0.4, 0.5) is 13.2 Å². The molecule has 0 bridgehead atoms. The number of halogens is 3. The third-order valence-electron chi connectivity index (χ3n) is 2.39. The van der Waals surface area contributed by atoms with E-state index < -0.39 is 12.2 Å². The topological polar surface area (TPSA) is 38.0 Å². The molecule has 0 heterocycles. The summed E-state index contributed by atoms with van der Waals surface area (Å²) in [5.74, 6) is 5.03. The van der Waals surface area contributed by atoms with E-state index in [9.17, 15) is 13.2 Å². The van der Waals surface area contributed by atoms with Gasteiger partial charge in [-0.05, 0) is 12.3 Å². The Morgan fingerprint density at radius 1 is 1.42 bits per heavy atom. The van der Waals surface area contributed by atoms with Gasteiger partial charge in [-0.3, -0.25) is 5.84 Å². The van der Waals surface area contributed by atoms with Crippen molar-refractivity contribution in [1.29, 1.82) is 0 Å². The molecule has 0 radical (unpaired) electrons. The number of nitrogens with one attached hydrogen (secondary N) is 1. The van der Waals surface area contributed by atoms with Gasteiger partial charge in [0.2, 0.25) is 0 Å². The van der Waals surface area contributed by atoms with Crippen molar-refractivity contribution in [1.82, 2.24) is 5.43 Å². The van der Waals surface area contributed by atoms with E-state index in [0.29, 0.717) is 0 Å². The molecule has 1 atom stereocenters. The number of alkyl halides is 3. The maximum Gasteiger partial charge on any atom is 0.405 e. The predicted molar refractivity (Wildman–Crippen MR) is 39.1 cm³/mol. The van der Waals surface area contributed by atoms with Gasteiger partial charge in [0.15, 0.2) is 0 Å². The molecule has 1 saturated carbocycles. The highest BCUT2D eigenvalue weighted by Gasteiger charge is 2.40. The number of hydrogen-bond donors (Lipinski definition) is 2. The van der Waals surface area contributed by atoms with Crippen molar-refractivity contribution in [2.45, 2.75) is 37.9 Å². The Morgan fingerprint density at radius 2 is 2.00 bits per heavy atom. The molecule has 1 aliphatic carbocycles. The van der Waals surface area contributed by atoms with E-state index in [0.717, 1.165) is 19.3 Å². The average molecular weight is 182 g/mol. The normalized spacial score (nSPS) is 22.0. The van der Waals surface area contributed by atoms with Crippen LogP contribution in [0.3, 0.4) is 0 Å². The van der Waals surface area contributed by atoms with Crippen LogP contribution in [0.1, 0.15) is 25.7 Å². The molecule has 1 aliphatic rings. The van der Waals surface area contributed by atoms with Crippen LogP contribution in [0.5, 0.6) is 0 Å². The molecule has 72 valence electrons. The van der Waals surface area contributed by atoms with E-state index in [-0.39, 0.29) is 12.3 Å². The van der Waals surface area contributed by atoms with E-state index in [2.05, 4.69) is 0 Å². The summed E-state index contributed by atoms with van der Waals surface area (Å²) >= 11 is 0. The van der Waals surface area contributed by atoms with Gasteiger partial charge >= 0.3 is 6.18 Å². The van der Waals surface area contributed by atoms with E-state index in [1.165, 1.54) is 0 Å². The molecule has 0 spiro atoms. The zero-order chi connectivity index (χ0) is 9.19. The monoisotopic (exact) mass is 182 g/mol. The summed E-state index contributed by atoms with van der Waals surface area (Å²) in [4.78, 5) is 0. The molecule has 3 N–H and O–H groups in total. The molecule has 2 nitrogen and oxygen atoms in total. The molecule has 0 aliphatic heterocycles. The lowest BCUT2D eigenvalue weighted by molar-refractivity contribution is -0.161. The van der Waals surface area contributed by atoms with Gasteiger partial charge in [0.05, 0.1) is 0 Å². The molecule has 0 aromatic carbocycles. The minimum atomic E-state index is -4.20. The fraction of sp³-hybridized carbons (Fsp3) is 1.00. The Morgan fingerprint density at radius 3 is 2.25 bits per heavy atom. The molecule has 1 rings (SSSR count). The molecule has 5 heteroatoms. The van der Waals surface area contributed by atoms with Crippen molar-refractivity contribution in [3.63, 3.8) is 0 Å². The molecule has 0 aromatic rings. The van der Waals surface area contributed by atoms with Gasteiger partial charge < -0.3 is 0 Å². The Bertz CT molecular complexity index is 142. The Balaban J connectivity index is 2.34. The first kappa shape index (κ1) is 9.80. The van der Waals surface area contributed by atoms with Crippen molar-refractivity contribution in [3.8, 4) is 0 Å². The Hall–Kier alpha value is -0.290. The molecule has 0 amide bonds. The highest BCUT2D eigenvalue weighted by molar-refractivity contribution is 4.80. The summed E-state index contributed by atoms with van der Waals surface area (Å²) in [6, 6.07) is -1.53. The Labute approximate surface area is 69.3 Å². The zero-order valence-corrected chi connectivity index (χ0v) is 6.69. The van der Waals surface area contributed by atoms with Crippen LogP contribution < -0.4 is 11.3 Å². The third kappa shape index (κ3) is 2.35. The summed E-state index contributed by atoms with van der Waals surface area (Å²) in [6.45, 7) is 0. The molecule has 12 heavy (non-hydrogen) atoms. The molecule has 1 unspecified atom stereocenters. The first-order valence-electron chi connectivity index (χ1n) is 4.07. The van der Waals surface area contributed by atoms with Crippen molar-refractivity contribution in [3.05, 3.63) is 0 Å². The summed E-state index contributed by atoms with van der Waals surface area (Å²) in [5, 5.41) is 0. The summed E-state index contributed by atoms with van der Waals surface area (Å²) in [6.07, 6.45) is -1.20. The second-order valence-electron chi connectivity index (χ2n) is 3.29. The Kier molecular flexibility index (Phi) is 2.95. The smallest absolute Gasteiger partial charge is 0.271 e. The third-order valence-corrected chi connectivity index (χ3v) is 2.39. The second-order valence-corrected chi connectivity index (χ2v) is 3.29. The fourth-order valence-corrected chi connectivity index (χ4v) is 1.36. The summed E-state index contributed by atoms with van der Waals surface area (Å²) in [5.41, 5.74) is 1.82. The van der Waals surface area contributed by atoms with E-state index in [1.54, 1.807) is 0 Å². The number of rotatable bonds is 3. The second kappa shape index (κ2) is 3.62. The molecule has 0 aromatic heterocycles. The average Bonchev–Trinajstić information content (AvgIpc) is 1.82. The quantitative estimate of drug-likeness (QED) is 0.513. The van der Waals surface area contributed by atoms with Crippen molar-refractivity contribution >= 4 is 0 Å². The largest absolute Gasteiger partial charge is 0.405 e. The molecule has 0 saturated heterocycles. The van der Waals surface area contributed by atoms with Crippen LogP contribution in [0.25, 0.3) is 0 Å². The highest BCUT2D eigenvalue weighted by atomic mass is 19.4. The molecular weight excluding hydrogens is 169 g/mol. The van der Waals surface area contributed by atoms with E-state index >= 15 is 0 Å². The van der Waals surface area contributed by atoms with Crippen molar-refractivity contribution in [2.75, 3.05) is 0 Å². The lowest BCUT2D eigenvalue weighted by Gasteiger charge is -2.30. The lowest BCUT2D eigenvalue weighted by atomic mass is 9.81. The minimum absolute atomic E-state index is 0.125. The van der Waals surface area contributed by atoms with E-state index in [4.69, 9.17) is 5.84 Å². The summed E-state index contributed by atoms with van der Waals surface area (Å²) in [7, 11) is 0. The predicted octanol–water partition coefficient (Wildman–Crippen LogP) is 1.57. The van der Waals surface area contributed by atoms with Crippen LogP contribution >= 0.6 is 0 Å². The van der Waals surface area contributed by atoms with Crippen molar-refractivity contribution in [2.24, 2.45) is 11.8 Å². The minimum Gasteiger partial charge on any atom is -0.271 e. The molecular formula is C7H13F3N2. The lowest BCUT2D eigenvalue weighted by Crippen LogP contribution is -2.47. The molecule has 1 fully saturated rings.